The van der Waals surface area contributed by atoms with Crippen molar-refractivity contribution >= 4 is 29.1 Å². The molecule has 0 atom stereocenters. The largest absolute Gasteiger partial charge is 0.463 e. The van der Waals surface area contributed by atoms with Gasteiger partial charge in [0.15, 0.2) is 0 Å². The quantitative estimate of drug-likeness (QED) is 0.874. The predicted molar refractivity (Wildman–Crippen MR) is 72.8 cm³/mol. The van der Waals surface area contributed by atoms with Crippen molar-refractivity contribution in [1.29, 1.82) is 0 Å². The van der Waals surface area contributed by atoms with Gasteiger partial charge in [-0.25, -0.2) is 14.8 Å². The molecule has 5 nitrogen and oxygen atoms in total. The van der Waals surface area contributed by atoms with Crippen LogP contribution in [0, 0.1) is 6.92 Å². The van der Waals surface area contributed by atoms with Crippen LogP contribution < -0.4 is 5.32 Å². The van der Waals surface area contributed by atoms with Gasteiger partial charge in [-0.1, -0.05) is 17.7 Å². The number of hydrogen-bond acceptors (Lipinski definition) is 5. The number of carbonyl (C=O) groups is 1. The molecule has 1 aromatic carbocycles. The van der Waals surface area contributed by atoms with Crippen molar-refractivity contribution in [3.63, 3.8) is 0 Å². The molecule has 0 aliphatic rings. The molecular formula is C13H12ClN3O2. The van der Waals surface area contributed by atoms with Crippen molar-refractivity contribution in [3.05, 3.63) is 46.9 Å². The maximum absolute atomic E-state index is 11.3. The van der Waals surface area contributed by atoms with Crippen LogP contribution in [0.1, 0.15) is 16.2 Å². The third-order valence-corrected chi connectivity index (χ3v) is 2.87. The van der Waals surface area contributed by atoms with Gasteiger partial charge in [0.05, 0.1) is 7.11 Å². The molecule has 1 heterocycles. The molecule has 0 aliphatic heterocycles. The highest BCUT2D eigenvalue weighted by Crippen LogP contribution is 2.22. The molecule has 2 rings (SSSR count). The summed E-state index contributed by atoms with van der Waals surface area (Å²) >= 11 is 6.04. The summed E-state index contributed by atoms with van der Waals surface area (Å²) in [5, 5.41) is 3.71. The molecule has 0 bridgehead atoms. The standard InChI is InChI=1S/C13H12ClN3O2/c1-8-3-4-9(7-10(8)14)16-11-5-6-15-12(17-11)13(18)19-2/h3-7H,1-2H3,(H,15,16,17). The van der Waals surface area contributed by atoms with E-state index in [0.717, 1.165) is 11.3 Å². The number of ether oxygens (including phenoxy) is 1. The highest BCUT2D eigenvalue weighted by atomic mass is 35.5. The van der Waals surface area contributed by atoms with Gasteiger partial charge in [0, 0.05) is 16.9 Å². The number of anilines is 2. The minimum atomic E-state index is -0.578. The van der Waals surface area contributed by atoms with Gasteiger partial charge < -0.3 is 10.1 Å². The highest BCUT2D eigenvalue weighted by Gasteiger charge is 2.09. The van der Waals surface area contributed by atoms with Gasteiger partial charge in [0.2, 0.25) is 5.82 Å². The number of hydrogen-bond donors (Lipinski definition) is 1. The van der Waals surface area contributed by atoms with E-state index in [-0.39, 0.29) is 5.82 Å². The Morgan fingerprint density at radius 1 is 1.37 bits per heavy atom. The molecule has 0 saturated heterocycles. The molecule has 0 fully saturated rings. The number of nitrogens with zero attached hydrogens (tertiary/aromatic N) is 2. The van der Waals surface area contributed by atoms with Crippen LogP contribution in [0.5, 0.6) is 0 Å². The average molecular weight is 278 g/mol. The molecule has 1 N–H and O–H groups in total. The van der Waals surface area contributed by atoms with Gasteiger partial charge >= 0.3 is 5.97 Å². The first kappa shape index (κ1) is 13.3. The Morgan fingerprint density at radius 2 is 2.16 bits per heavy atom. The lowest BCUT2D eigenvalue weighted by molar-refractivity contribution is 0.0587. The number of benzene rings is 1. The molecule has 0 radical (unpaired) electrons. The smallest absolute Gasteiger partial charge is 0.376 e. The lowest BCUT2D eigenvalue weighted by Crippen LogP contribution is -2.08. The number of esters is 1. The van der Waals surface area contributed by atoms with Crippen LogP contribution in [0.3, 0.4) is 0 Å². The highest BCUT2D eigenvalue weighted by molar-refractivity contribution is 6.31. The molecule has 0 amide bonds. The SMILES string of the molecule is COC(=O)c1nccc(Nc2ccc(C)c(Cl)c2)n1. The number of methoxy groups -OCH3 is 1. The molecule has 0 spiro atoms. The Kier molecular flexibility index (Phi) is 3.97. The third kappa shape index (κ3) is 3.20. The van der Waals surface area contributed by atoms with Gasteiger partial charge in [0.1, 0.15) is 5.82 Å². The first-order valence-corrected chi connectivity index (χ1v) is 5.92. The molecule has 19 heavy (non-hydrogen) atoms. The Morgan fingerprint density at radius 3 is 2.84 bits per heavy atom. The zero-order chi connectivity index (χ0) is 13.8. The molecule has 98 valence electrons. The summed E-state index contributed by atoms with van der Waals surface area (Å²) in [4.78, 5) is 19.2. The van der Waals surface area contributed by atoms with E-state index in [2.05, 4.69) is 20.0 Å². The molecule has 1 aromatic heterocycles. The predicted octanol–water partition coefficient (Wildman–Crippen LogP) is 2.97. The summed E-state index contributed by atoms with van der Waals surface area (Å²) in [6.07, 6.45) is 1.48. The number of nitrogens with one attached hydrogen (secondary N) is 1. The van der Waals surface area contributed by atoms with Crippen LogP contribution in [0.2, 0.25) is 5.02 Å². The van der Waals surface area contributed by atoms with Gasteiger partial charge in [0.25, 0.3) is 0 Å². The van der Waals surface area contributed by atoms with Crippen LogP contribution in [0.25, 0.3) is 0 Å². The van der Waals surface area contributed by atoms with E-state index in [1.807, 2.05) is 19.1 Å². The number of halogens is 1. The van der Waals surface area contributed by atoms with E-state index in [9.17, 15) is 4.79 Å². The third-order valence-electron chi connectivity index (χ3n) is 2.47. The van der Waals surface area contributed by atoms with Crippen LogP contribution in [-0.2, 0) is 4.74 Å². The van der Waals surface area contributed by atoms with Crippen molar-refractivity contribution in [1.82, 2.24) is 9.97 Å². The van der Waals surface area contributed by atoms with Gasteiger partial charge in [-0.2, -0.15) is 0 Å². The van der Waals surface area contributed by atoms with E-state index >= 15 is 0 Å². The minimum Gasteiger partial charge on any atom is -0.463 e. The summed E-state index contributed by atoms with van der Waals surface area (Å²) in [6.45, 7) is 1.92. The first-order valence-electron chi connectivity index (χ1n) is 5.54. The van der Waals surface area contributed by atoms with Gasteiger partial charge in [-0.15, -0.1) is 0 Å². The monoisotopic (exact) mass is 277 g/mol. The summed E-state index contributed by atoms with van der Waals surface area (Å²) < 4.78 is 4.56. The first-order chi connectivity index (χ1) is 9.10. The molecule has 2 aromatic rings. The Labute approximate surface area is 115 Å². The second-order valence-electron chi connectivity index (χ2n) is 3.85. The van der Waals surface area contributed by atoms with E-state index in [1.165, 1.54) is 13.3 Å². The fraction of sp³-hybridized carbons (Fsp3) is 0.154. The van der Waals surface area contributed by atoms with Crippen LogP contribution in [-0.4, -0.2) is 23.0 Å². The Balaban J connectivity index is 2.23. The van der Waals surface area contributed by atoms with Gasteiger partial charge in [-0.05, 0) is 30.7 Å². The minimum absolute atomic E-state index is 0.00529. The normalized spacial score (nSPS) is 10.1. The van der Waals surface area contributed by atoms with Crippen molar-refractivity contribution in [3.8, 4) is 0 Å². The van der Waals surface area contributed by atoms with Crippen LogP contribution in [0.4, 0.5) is 11.5 Å². The van der Waals surface area contributed by atoms with Crippen molar-refractivity contribution in [2.45, 2.75) is 6.92 Å². The Bertz CT molecular complexity index is 617. The fourth-order valence-corrected chi connectivity index (χ4v) is 1.62. The fourth-order valence-electron chi connectivity index (χ4n) is 1.44. The van der Waals surface area contributed by atoms with Crippen molar-refractivity contribution in [2.24, 2.45) is 0 Å². The maximum Gasteiger partial charge on any atom is 0.376 e. The van der Waals surface area contributed by atoms with Crippen molar-refractivity contribution in [2.75, 3.05) is 12.4 Å². The summed E-state index contributed by atoms with van der Waals surface area (Å²) in [5.74, 6) is -0.0772. The summed E-state index contributed by atoms with van der Waals surface area (Å²) in [7, 11) is 1.28. The summed E-state index contributed by atoms with van der Waals surface area (Å²) in [5.41, 5.74) is 1.77. The molecular weight excluding hydrogens is 266 g/mol. The van der Waals surface area contributed by atoms with Crippen molar-refractivity contribution < 1.29 is 9.53 Å². The topological polar surface area (TPSA) is 64.1 Å². The number of carbonyl (C=O) groups excluding carboxylic acids is 1. The van der Waals surface area contributed by atoms with E-state index < -0.39 is 5.97 Å². The average Bonchev–Trinajstić information content (AvgIpc) is 2.42. The molecule has 0 unspecified atom stereocenters. The van der Waals surface area contributed by atoms with E-state index in [4.69, 9.17) is 11.6 Å². The number of rotatable bonds is 3. The molecule has 0 saturated carbocycles. The molecule has 0 aliphatic carbocycles. The zero-order valence-corrected chi connectivity index (χ0v) is 11.2. The zero-order valence-electron chi connectivity index (χ0n) is 10.5. The van der Waals surface area contributed by atoms with Gasteiger partial charge in [-0.3, -0.25) is 0 Å². The van der Waals surface area contributed by atoms with E-state index in [1.54, 1.807) is 12.1 Å². The second-order valence-corrected chi connectivity index (χ2v) is 4.25. The lowest BCUT2D eigenvalue weighted by Gasteiger charge is -2.07. The van der Waals surface area contributed by atoms with E-state index in [0.29, 0.717) is 10.8 Å². The van der Waals surface area contributed by atoms with Crippen LogP contribution >= 0.6 is 11.6 Å². The number of aryl methyl sites for hydroxylation is 1. The lowest BCUT2D eigenvalue weighted by atomic mass is 10.2. The second kappa shape index (κ2) is 5.67. The van der Waals surface area contributed by atoms with Crippen LogP contribution in [0.15, 0.2) is 30.5 Å². The Hall–Kier alpha value is -2.14. The maximum atomic E-state index is 11.3. The molecule has 6 heteroatoms. The number of aromatic nitrogens is 2. The summed E-state index contributed by atoms with van der Waals surface area (Å²) in [6, 6.07) is 7.21.